The van der Waals surface area contributed by atoms with Gasteiger partial charge in [-0.25, -0.2) is 0 Å². The first kappa shape index (κ1) is 37.7. The lowest BCUT2D eigenvalue weighted by Gasteiger charge is -2.37. The average molecular weight is 669 g/mol. The Morgan fingerprint density at radius 1 is 0.696 bits per heavy atom. The fourth-order valence-corrected chi connectivity index (χ4v) is 6.50. The predicted molar refractivity (Wildman–Crippen MR) is 155 cm³/mol. The minimum Gasteiger partial charge on any atom is -0.394 e. The molecular weight excluding hydrogens is 616 g/mol. The number of carbonyl (C=O) groups excluding carboxylic acids is 1. The smallest absolute Gasteiger partial charge is 0.217 e. The maximum Gasteiger partial charge on any atom is 0.217 e. The number of aliphatic hydroxyl groups is 6. The van der Waals surface area contributed by atoms with Crippen molar-refractivity contribution in [2.75, 3.05) is 92.4 Å². The number of amides is 1. The molecule has 2 heterocycles. The van der Waals surface area contributed by atoms with Gasteiger partial charge in [0.25, 0.3) is 0 Å². The van der Waals surface area contributed by atoms with Gasteiger partial charge >= 0.3 is 0 Å². The number of aliphatic hydroxyl groups excluding tert-OH is 4. The van der Waals surface area contributed by atoms with Crippen LogP contribution in [0.3, 0.4) is 0 Å². The molecule has 0 aromatic carbocycles. The highest BCUT2D eigenvalue weighted by Crippen LogP contribution is 2.56. The second-order valence-corrected chi connectivity index (χ2v) is 12.1. The first-order chi connectivity index (χ1) is 22.1. The van der Waals surface area contributed by atoms with E-state index < -0.39 is 73.4 Å². The average Bonchev–Trinajstić information content (AvgIpc) is 3.82. The van der Waals surface area contributed by atoms with Gasteiger partial charge in [0.1, 0.15) is 23.4 Å². The first-order valence-electron chi connectivity index (χ1n) is 16.0. The van der Waals surface area contributed by atoms with Gasteiger partial charge in [-0.3, -0.25) is 4.79 Å². The summed E-state index contributed by atoms with van der Waals surface area (Å²) in [5.74, 6) is -1.63. The van der Waals surface area contributed by atoms with Gasteiger partial charge in [-0.1, -0.05) is 6.92 Å². The molecule has 2 saturated heterocycles. The molecule has 8 N–H and O–H groups in total. The molecule has 17 nitrogen and oxygen atoms in total. The minimum absolute atomic E-state index is 0.138. The number of rotatable bonds is 23. The Bertz CT molecular complexity index is 933. The van der Waals surface area contributed by atoms with Crippen LogP contribution < -0.4 is 10.6 Å². The highest BCUT2D eigenvalue weighted by Gasteiger charge is 2.75. The van der Waals surface area contributed by atoms with Crippen LogP contribution in [0.25, 0.3) is 0 Å². The minimum atomic E-state index is -1.61. The summed E-state index contributed by atoms with van der Waals surface area (Å²) in [7, 11) is 0. The highest BCUT2D eigenvalue weighted by atomic mass is 16.7. The molecule has 4 rings (SSSR count). The fraction of sp³-hybridized carbons (Fsp3) is 0.966. The fourth-order valence-electron chi connectivity index (χ4n) is 6.50. The van der Waals surface area contributed by atoms with Crippen molar-refractivity contribution in [3.63, 3.8) is 0 Å². The summed E-state index contributed by atoms with van der Waals surface area (Å²) >= 11 is 0. The lowest BCUT2D eigenvalue weighted by molar-refractivity contribution is -0.258. The van der Waals surface area contributed by atoms with Crippen LogP contribution in [-0.4, -0.2) is 183 Å². The molecule has 4 aliphatic rings. The van der Waals surface area contributed by atoms with E-state index in [0.29, 0.717) is 59.3 Å². The first-order valence-corrected chi connectivity index (χ1v) is 16.0. The van der Waals surface area contributed by atoms with Crippen LogP contribution in [0.4, 0.5) is 0 Å². The van der Waals surface area contributed by atoms with E-state index in [4.69, 9.17) is 37.9 Å². The molecule has 268 valence electrons. The third kappa shape index (κ3) is 8.71. The lowest BCUT2D eigenvalue weighted by atomic mass is 9.96. The number of hydrogen-bond acceptors (Lipinski definition) is 16. The van der Waals surface area contributed by atoms with Crippen molar-refractivity contribution in [3.05, 3.63) is 0 Å². The molecule has 9 unspecified atom stereocenters. The van der Waals surface area contributed by atoms with Crippen LogP contribution in [0.2, 0.25) is 0 Å². The van der Waals surface area contributed by atoms with E-state index in [1.54, 1.807) is 0 Å². The number of nitrogens with one attached hydrogen (secondary N) is 2. The number of fused-ring (bicyclic) bond motifs is 2. The van der Waals surface area contributed by atoms with E-state index in [2.05, 4.69) is 10.6 Å². The normalized spacial score (nSPS) is 39.5. The van der Waals surface area contributed by atoms with Crippen LogP contribution in [-0.2, 0) is 42.7 Å². The molecular formula is C29H52N2O15. The number of hydrogen-bond donors (Lipinski definition) is 8. The Morgan fingerprint density at radius 3 is 1.65 bits per heavy atom. The molecule has 0 aromatic rings. The highest BCUT2D eigenvalue weighted by molar-refractivity contribution is 5.73. The summed E-state index contributed by atoms with van der Waals surface area (Å²) in [6, 6.07) is -0.755. The SMILES string of the molecule is CC(=O)NC1C2C(O)[C@@]2(O)C(CO)O[C@H]1OCCOCCOCCNCCOCCOCCO[C@@H]1OC(CO)C2(O)C(O)C2C1C. The summed E-state index contributed by atoms with van der Waals surface area (Å²) in [4.78, 5) is 11.6. The third-order valence-corrected chi connectivity index (χ3v) is 9.09. The Balaban J connectivity index is 0.902. The zero-order chi connectivity index (χ0) is 33.3. The van der Waals surface area contributed by atoms with Gasteiger partial charge in [0, 0.05) is 37.8 Å². The molecule has 46 heavy (non-hydrogen) atoms. The molecule has 12 atom stereocenters. The van der Waals surface area contributed by atoms with Crippen molar-refractivity contribution in [1.82, 2.24) is 10.6 Å². The number of ether oxygens (including phenoxy) is 8. The quantitative estimate of drug-likeness (QED) is 0.0481. The maximum absolute atomic E-state index is 11.6. The second kappa shape index (κ2) is 17.5. The summed E-state index contributed by atoms with van der Waals surface area (Å²) in [5.41, 5.74) is -3.00. The Labute approximate surface area is 268 Å². The summed E-state index contributed by atoms with van der Waals surface area (Å²) in [6.07, 6.45) is -5.50. The maximum atomic E-state index is 11.6. The van der Waals surface area contributed by atoms with Gasteiger partial charge in [0.2, 0.25) is 5.91 Å². The molecule has 1 amide bonds. The molecule has 0 aromatic heterocycles. The second-order valence-electron chi connectivity index (χ2n) is 12.1. The Hall–Kier alpha value is -1.13. The van der Waals surface area contributed by atoms with Crippen molar-refractivity contribution in [2.24, 2.45) is 17.8 Å². The monoisotopic (exact) mass is 668 g/mol. The van der Waals surface area contributed by atoms with Crippen LogP contribution in [0, 0.1) is 17.8 Å². The molecule has 0 radical (unpaired) electrons. The molecule has 2 aliphatic carbocycles. The van der Waals surface area contributed by atoms with E-state index in [-0.39, 0.29) is 37.6 Å². The molecule has 4 fully saturated rings. The summed E-state index contributed by atoms with van der Waals surface area (Å²) in [5, 5.41) is 66.0. The van der Waals surface area contributed by atoms with Gasteiger partial charge < -0.3 is 79.2 Å². The van der Waals surface area contributed by atoms with Crippen LogP contribution in [0.5, 0.6) is 0 Å². The van der Waals surface area contributed by atoms with Crippen molar-refractivity contribution in [2.45, 2.75) is 68.1 Å². The topological polar surface area (TPSA) is 236 Å². The van der Waals surface area contributed by atoms with Gasteiger partial charge in [-0.2, -0.15) is 0 Å². The summed E-state index contributed by atoms with van der Waals surface area (Å²) in [6.45, 7) is 7.12. The van der Waals surface area contributed by atoms with E-state index in [0.717, 1.165) is 0 Å². The van der Waals surface area contributed by atoms with Gasteiger partial charge in [0.15, 0.2) is 12.6 Å². The van der Waals surface area contributed by atoms with Gasteiger partial charge in [-0.05, 0) is 0 Å². The van der Waals surface area contributed by atoms with Crippen molar-refractivity contribution in [1.29, 1.82) is 0 Å². The van der Waals surface area contributed by atoms with Gasteiger partial charge in [-0.15, -0.1) is 0 Å². The zero-order valence-electron chi connectivity index (χ0n) is 26.5. The van der Waals surface area contributed by atoms with Crippen molar-refractivity contribution >= 4 is 5.91 Å². The molecule has 0 spiro atoms. The third-order valence-electron chi connectivity index (χ3n) is 9.09. The molecule has 17 heteroatoms. The van der Waals surface area contributed by atoms with E-state index in [1.165, 1.54) is 6.92 Å². The number of carbonyl (C=O) groups is 1. The van der Waals surface area contributed by atoms with Crippen molar-refractivity contribution in [3.8, 4) is 0 Å². The van der Waals surface area contributed by atoms with Crippen molar-refractivity contribution < 1.29 is 73.3 Å². The molecule has 2 saturated carbocycles. The van der Waals surface area contributed by atoms with Crippen LogP contribution in [0.15, 0.2) is 0 Å². The predicted octanol–water partition coefficient (Wildman–Crippen LogP) is -4.31. The van der Waals surface area contributed by atoms with E-state index in [1.807, 2.05) is 6.92 Å². The standard InChI is InChI=1S/C29H52N2O15/c1-17-21-24(35)28(21,37)19(15-32)45-26(17)43-13-11-41-9-7-39-5-3-30-4-6-40-8-10-42-12-14-44-27-23(31-18(2)34)22-25(36)29(22,38)20(16-33)46-27/h17,19-27,30,32-33,35-38H,3-16H2,1-2H3,(H,31,34)/t17?,19?,20?,21?,22?,23?,24?,25?,26-,27-,28?,29-/m1/s1. The Morgan fingerprint density at radius 2 is 1.13 bits per heavy atom. The summed E-state index contributed by atoms with van der Waals surface area (Å²) < 4.78 is 44.7. The Kier molecular flexibility index (Phi) is 14.3. The van der Waals surface area contributed by atoms with E-state index in [9.17, 15) is 35.4 Å². The van der Waals surface area contributed by atoms with Crippen LogP contribution in [0.1, 0.15) is 13.8 Å². The van der Waals surface area contributed by atoms with Gasteiger partial charge in [0.05, 0.1) is 97.5 Å². The lowest BCUT2D eigenvalue weighted by Crippen LogP contribution is -2.57. The van der Waals surface area contributed by atoms with Crippen LogP contribution >= 0.6 is 0 Å². The largest absolute Gasteiger partial charge is 0.394 e. The zero-order valence-corrected chi connectivity index (χ0v) is 26.5. The molecule has 2 aliphatic heterocycles. The van der Waals surface area contributed by atoms with E-state index >= 15 is 0 Å². The molecule has 0 bridgehead atoms.